The van der Waals surface area contributed by atoms with E-state index in [9.17, 15) is 4.79 Å². The number of benzene rings is 2. The van der Waals surface area contributed by atoms with Crippen LogP contribution in [0.5, 0.6) is 5.75 Å². The van der Waals surface area contributed by atoms with Gasteiger partial charge in [-0.2, -0.15) is 5.10 Å². The molecule has 0 fully saturated rings. The van der Waals surface area contributed by atoms with Crippen LogP contribution in [0, 0.1) is 3.57 Å². The zero-order valence-electron chi connectivity index (χ0n) is 13.8. The van der Waals surface area contributed by atoms with Crippen molar-refractivity contribution in [2.24, 2.45) is 0 Å². The molecule has 128 valence electrons. The van der Waals surface area contributed by atoms with Crippen molar-refractivity contribution < 1.29 is 9.53 Å². The number of carbonyl (C=O) groups excluding carboxylic acids is 1. The highest BCUT2D eigenvalue weighted by Crippen LogP contribution is 2.14. The first-order chi connectivity index (χ1) is 12.1. The molecule has 0 aliphatic rings. The summed E-state index contributed by atoms with van der Waals surface area (Å²) in [4.78, 5) is 13.9. The fraction of sp³-hybridized carbons (Fsp3) is 0.158. The van der Waals surface area contributed by atoms with E-state index in [1.165, 1.54) is 0 Å². The molecule has 3 aromatic rings. The zero-order valence-corrected chi connectivity index (χ0v) is 16.0. The van der Waals surface area contributed by atoms with Crippen molar-refractivity contribution in [1.29, 1.82) is 0 Å². The quantitative estimate of drug-likeness (QED) is 0.544. The van der Waals surface area contributed by atoms with E-state index >= 15 is 0 Å². The number of para-hydroxylation sites is 1. The Balaban J connectivity index is 1.54. The number of halogens is 1. The third-order valence-corrected chi connectivity index (χ3v) is 4.40. The molecule has 6 heteroatoms. The lowest BCUT2D eigenvalue weighted by atomic mass is 10.3. The van der Waals surface area contributed by atoms with Gasteiger partial charge in [-0.25, -0.2) is 4.68 Å². The Hall–Kier alpha value is -2.35. The SMILES string of the molecule is CN(Cc1cnn(-c2ccccc2)c1)C(=O)COc1ccc(I)cc1. The lowest BCUT2D eigenvalue weighted by Gasteiger charge is -2.16. The van der Waals surface area contributed by atoms with Crippen LogP contribution in [0.3, 0.4) is 0 Å². The first-order valence-corrected chi connectivity index (χ1v) is 8.91. The van der Waals surface area contributed by atoms with Gasteiger partial charge in [0.1, 0.15) is 5.75 Å². The van der Waals surface area contributed by atoms with E-state index < -0.39 is 0 Å². The molecule has 0 N–H and O–H groups in total. The Morgan fingerprint density at radius 2 is 1.88 bits per heavy atom. The highest BCUT2D eigenvalue weighted by atomic mass is 127. The number of nitrogens with zero attached hydrogens (tertiary/aromatic N) is 3. The van der Waals surface area contributed by atoms with Gasteiger partial charge in [0.25, 0.3) is 5.91 Å². The fourth-order valence-electron chi connectivity index (χ4n) is 2.31. The summed E-state index contributed by atoms with van der Waals surface area (Å²) in [5.41, 5.74) is 1.96. The molecule has 0 bridgehead atoms. The van der Waals surface area contributed by atoms with Crippen LogP contribution in [0.2, 0.25) is 0 Å². The first-order valence-electron chi connectivity index (χ1n) is 7.83. The van der Waals surface area contributed by atoms with Gasteiger partial charge >= 0.3 is 0 Å². The minimum Gasteiger partial charge on any atom is -0.484 e. The van der Waals surface area contributed by atoms with E-state index in [0.29, 0.717) is 12.3 Å². The molecule has 0 radical (unpaired) electrons. The van der Waals surface area contributed by atoms with Gasteiger partial charge in [-0.3, -0.25) is 4.79 Å². The lowest BCUT2D eigenvalue weighted by molar-refractivity contribution is -0.132. The van der Waals surface area contributed by atoms with Crippen molar-refractivity contribution >= 4 is 28.5 Å². The van der Waals surface area contributed by atoms with Gasteiger partial charge in [-0.05, 0) is 59.0 Å². The lowest BCUT2D eigenvalue weighted by Crippen LogP contribution is -2.30. The molecular formula is C19H18IN3O2. The van der Waals surface area contributed by atoms with E-state index in [2.05, 4.69) is 27.7 Å². The maximum atomic E-state index is 12.2. The van der Waals surface area contributed by atoms with E-state index in [1.807, 2.05) is 60.8 Å². The summed E-state index contributed by atoms with van der Waals surface area (Å²) >= 11 is 2.23. The maximum absolute atomic E-state index is 12.2. The molecule has 1 heterocycles. The Kier molecular flexibility index (Phi) is 5.70. The van der Waals surface area contributed by atoms with Crippen LogP contribution in [0.4, 0.5) is 0 Å². The van der Waals surface area contributed by atoms with Gasteiger partial charge in [0.2, 0.25) is 0 Å². The van der Waals surface area contributed by atoms with Crippen LogP contribution in [0.15, 0.2) is 67.0 Å². The number of likely N-dealkylation sites (N-methyl/N-ethyl adjacent to an activating group) is 1. The molecule has 3 rings (SSSR count). The van der Waals surface area contributed by atoms with Gasteiger partial charge in [0.05, 0.1) is 11.9 Å². The standard InChI is InChI=1S/C19H18IN3O2/c1-22(19(24)14-25-18-9-7-16(20)8-10-18)12-15-11-21-23(13-15)17-5-3-2-4-6-17/h2-11,13H,12,14H2,1H3. The Morgan fingerprint density at radius 1 is 1.16 bits per heavy atom. The number of amides is 1. The number of ether oxygens (including phenoxy) is 1. The van der Waals surface area contributed by atoms with Crippen LogP contribution in [-0.4, -0.2) is 34.2 Å². The molecule has 0 unspecified atom stereocenters. The zero-order chi connectivity index (χ0) is 17.6. The van der Waals surface area contributed by atoms with Gasteiger partial charge in [-0.1, -0.05) is 18.2 Å². The molecule has 0 saturated heterocycles. The van der Waals surface area contributed by atoms with Gasteiger partial charge < -0.3 is 9.64 Å². The van der Waals surface area contributed by atoms with Crippen LogP contribution in [0.1, 0.15) is 5.56 Å². The molecule has 0 aliphatic carbocycles. The second-order valence-electron chi connectivity index (χ2n) is 5.62. The molecule has 0 aliphatic heterocycles. The van der Waals surface area contributed by atoms with Gasteiger partial charge in [0.15, 0.2) is 6.61 Å². The van der Waals surface area contributed by atoms with Crippen molar-refractivity contribution in [3.8, 4) is 11.4 Å². The van der Waals surface area contributed by atoms with E-state index in [4.69, 9.17) is 4.74 Å². The normalized spacial score (nSPS) is 10.5. The largest absolute Gasteiger partial charge is 0.484 e. The minimum atomic E-state index is -0.0778. The average molecular weight is 447 g/mol. The second-order valence-corrected chi connectivity index (χ2v) is 6.87. The molecule has 2 aromatic carbocycles. The Morgan fingerprint density at radius 3 is 2.60 bits per heavy atom. The number of carbonyl (C=O) groups is 1. The van der Waals surface area contributed by atoms with E-state index in [0.717, 1.165) is 14.8 Å². The third kappa shape index (κ3) is 4.82. The molecule has 25 heavy (non-hydrogen) atoms. The van der Waals surface area contributed by atoms with Crippen molar-refractivity contribution in [3.63, 3.8) is 0 Å². The highest BCUT2D eigenvalue weighted by molar-refractivity contribution is 14.1. The van der Waals surface area contributed by atoms with Crippen LogP contribution in [0.25, 0.3) is 5.69 Å². The number of aromatic nitrogens is 2. The van der Waals surface area contributed by atoms with E-state index in [1.54, 1.807) is 22.8 Å². The van der Waals surface area contributed by atoms with Crippen molar-refractivity contribution in [3.05, 3.63) is 76.1 Å². The monoisotopic (exact) mass is 447 g/mol. The summed E-state index contributed by atoms with van der Waals surface area (Å²) < 4.78 is 8.47. The average Bonchev–Trinajstić information content (AvgIpc) is 3.10. The summed E-state index contributed by atoms with van der Waals surface area (Å²) in [5.74, 6) is 0.616. The molecule has 1 amide bonds. The van der Waals surface area contributed by atoms with Crippen LogP contribution < -0.4 is 4.74 Å². The number of hydrogen-bond acceptors (Lipinski definition) is 3. The predicted octanol–water partition coefficient (Wildman–Crippen LogP) is 3.51. The second kappa shape index (κ2) is 8.15. The summed E-state index contributed by atoms with van der Waals surface area (Å²) in [6, 6.07) is 17.5. The maximum Gasteiger partial charge on any atom is 0.260 e. The summed E-state index contributed by atoms with van der Waals surface area (Å²) in [7, 11) is 1.76. The van der Waals surface area contributed by atoms with Crippen LogP contribution in [-0.2, 0) is 11.3 Å². The summed E-state index contributed by atoms with van der Waals surface area (Å²) in [6.07, 6.45) is 3.70. The summed E-state index contributed by atoms with van der Waals surface area (Å²) in [5, 5.41) is 4.35. The van der Waals surface area contributed by atoms with E-state index in [-0.39, 0.29) is 12.5 Å². The Bertz CT molecular complexity index is 831. The molecule has 5 nitrogen and oxygen atoms in total. The number of hydrogen-bond donors (Lipinski definition) is 0. The van der Waals surface area contributed by atoms with Gasteiger partial charge in [-0.15, -0.1) is 0 Å². The highest BCUT2D eigenvalue weighted by Gasteiger charge is 2.11. The minimum absolute atomic E-state index is 0.0178. The van der Waals surface area contributed by atoms with Crippen molar-refractivity contribution in [2.45, 2.75) is 6.54 Å². The molecule has 1 aromatic heterocycles. The van der Waals surface area contributed by atoms with Gasteiger partial charge in [0, 0.05) is 28.9 Å². The third-order valence-electron chi connectivity index (χ3n) is 3.68. The number of rotatable bonds is 6. The Labute approximate surface area is 160 Å². The fourth-order valence-corrected chi connectivity index (χ4v) is 2.67. The summed E-state index contributed by atoms with van der Waals surface area (Å²) in [6.45, 7) is 0.506. The molecular weight excluding hydrogens is 429 g/mol. The van der Waals surface area contributed by atoms with Crippen molar-refractivity contribution in [1.82, 2.24) is 14.7 Å². The molecule has 0 saturated carbocycles. The van der Waals surface area contributed by atoms with Crippen LogP contribution >= 0.6 is 22.6 Å². The predicted molar refractivity (Wildman–Crippen MR) is 105 cm³/mol. The molecule has 0 atom stereocenters. The first kappa shape index (κ1) is 17.5. The smallest absolute Gasteiger partial charge is 0.260 e. The van der Waals surface area contributed by atoms with Crippen molar-refractivity contribution in [2.75, 3.05) is 13.7 Å². The topological polar surface area (TPSA) is 47.4 Å². The molecule has 0 spiro atoms.